The largest absolute Gasteiger partial charge is 0.394 e. The highest BCUT2D eigenvalue weighted by Gasteiger charge is 2.41. The highest BCUT2D eigenvalue weighted by Crippen LogP contribution is 2.35. The number of aliphatic hydroxyl groups is 2. The summed E-state index contributed by atoms with van der Waals surface area (Å²) in [6, 6.07) is 0. The van der Waals surface area contributed by atoms with Crippen LogP contribution >= 0.6 is 0 Å². The predicted molar refractivity (Wildman–Crippen MR) is 61.0 cm³/mol. The molecule has 2 N–H and O–H groups in total. The van der Waals surface area contributed by atoms with Crippen molar-refractivity contribution in [3.05, 3.63) is 0 Å². The minimum atomic E-state index is -0.655. The van der Waals surface area contributed by atoms with E-state index in [1.807, 2.05) is 6.92 Å². The molecule has 0 bridgehead atoms. The zero-order valence-electron chi connectivity index (χ0n) is 10.5. The normalized spacial score (nSPS) is 25.3. The van der Waals surface area contributed by atoms with Gasteiger partial charge in [0, 0.05) is 5.92 Å². The lowest BCUT2D eigenvalue weighted by Gasteiger charge is -2.34. The van der Waals surface area contributed by atoms with E-state index in [9.17, 15) is 5.11 Å². The molecular formula is C12H24O4. The van der Waals surface area contributed by atoms with E-state index in [1.54, 1.807) is 0 Å². The van der Waals surface area contributed by atoms with Crippen molar-refractivity contribution in [1.82, 2.24) is 0 Å². The molecule has 0 aromatic rings. The van der Waals surface area contributed by atoms with Gasteiger partial charge >= 0.3 is 0 Å². The highest BCUT2D eigenvalue weighted by atomic mass is 16.7. The van der Waals surface area contributed by atoms with Crippen LogP contribution in [0.2, 0.25) is 0 Å². The molecule has 1 fully saturated rings. The van der Waals surface area contributed by atoms with Crippen LogP contribution in [0.4, 0.5) is 0 Å². The number of hydrogen-bond donors (Lipinski definition) is 2. The summed E-state index contributed by atoms with van der Waals surface area (Å²) in [6.45, 7) is 7.18. The number of ether oxygens (including phenoxy) is 2. The van der Waals surface area contributed by atoms with E-state index in [2.05, 4.69) is 13.8 Å². The molecule has 0 aromatic heterocycles. The Morgan fingerprint density at radius 3 is 2.25 bits per heavy atom. The SMILES string of the molecule is CCC1([C@@H](C)C[C@@H](C)[C@H](O)CO)OCCO1. The summed E-state index contributed by atoms with van der Waals surface area (Å²) in [6.07, 6.45) is 0.948. The third-order valence-electron chi connectivity index (χ3n) is 3.59. The summed E-state index contributed by atoms with van der Waals surface area (Å²) in [5.41, 5.74) is 0. The smallest absolute Gasteiger partial charge is 0.170 e. The van der Waals surface area contributed by atoms with Gasteiger partial charge in [0.25, 0.3) is 0 Å². The molecule has 0 saturated carbocycles. The molecule has 4 heteroatoms. The molecule has 1 heterocycles. The molecule has 0 aromatic carbocycles. The van der Waals surface area contributed by atoms with Gasteiger partial charge in [-0.1, -0.05) is 20.8 Å². The molecule has 0 spiro atoms. The van der Waals surface area contributed by atoms with Crippen LogP contribution in [0.25, 0.3) is 0 Å². The Morgan fingerprint density at radius 1 is 1.25 bits per heavy atom. The second kappa shape index (κ2) is 5.96. The fourth-order valence-electron chi connectivity index (χ4n) is 2.38. The van der Waals surface area contributed by atoms with Crippen LogP contribution in [0.5, 0.6) is 0 Å². The topological polar surface area (TPSA) is 58.9 Å². The fourth-order valence-corrected chi connectivity index (χ4v) is 2.38. The van der Waals surface area contributed by atoms with Crippen molar-refractivity contribution in [3.8, 4) is 0 Å². The Bertz CT molecular complexity index is 201. The van der Waals surface area contributed by atoms with Crippen molar-refractivity contribution in [2.24, 2.45) is 11.8 Å². The first-order valence-electron chi connectivity index (χ1n) is 6.12. The van der Waals surface area contributed by atoms with Gasteiger partial charge in [-0.15, -0.1) is 0 Å². The van der Waals surface area contributed by atoms with Gasteiger partial charge in [0.05, 0.1) is 25.9 Å². The zero-order valence-corrected chi connectivity index (χ0v) is 10.5. The summed E-state index contributed by atoms with van der Waals surface area (Å²) in [4.78, 5) is 0. The van der Waals surface area contributed by atoms with Crippen LogP contribution in [-0.4, -0.2) is 41.9 Å². The van der Waals surface area contributed by atoms with Crippen LogP contribution in [0.3, 0.4) is 0 Å². The van der Waals surface area contributed by atoms with E-state index in [1.165, 1.54) is 0 Å². The molecule has 1 rings (SSSR count). The molecular weight excluding hydrogens is 208 g/mol. The van der Waals surface area contributed by atoms with Crippen molar-refractivity contribution in [2.45, 2.75) is 45.5 Å². The van der Waals surface area contributed by atoms with Crippen molar-refractivity contribution >= 4 is 0 Å². The lowest BCUT2D eigenvalue weighted by molar-refractivity contribution is -0.198. The van der Waals surface area contributed by atoms with E-state index < -0.39 is 11.9 Å². The number of rotatable bonds is 6. The molecule has 4 nitrogen and oxygen atoms in total. The predicted octanol–water partition coefficient (Wildman–Crippen LogP) is 1.16. The van der Waals surface area contributed by atoms with Crippen molar-refractivity contribution in [3.63, 3.8) is 0 Å². The van der Waals surface area contributed by atoms with Gasteiger partial charge in [-0.2, -0.15) is 0 Å². The van der Waals surface area contributed by atoms with Gasteiger partial charge in [-0.3, -0.25) is 0 Å². The monoisotopic (exact) mass is 232 g/mol. The van der Waals surface area contributed by atoms with E-state index in [4.69, 9.17) is 14.6 Å². The fraction of sp³-hybridized carbons (Fsp3) is 1.00. The maximum absolute atomic E-state index is 9.54. The highest BCUT2D eigenvalue weighted by molar-refractivity contribution is 4.81. The summed E-state index contributed by atoms with van der Waals surface area (Å²) in [7, 11) is 0. The Labute approximate surface area is 97.6 Å². The van der Waals surface area contributed by atoms with Crippen LogP contribution in [0.1, 0.15) is 33.6 Å². The molecule has 0 unspecified atom stereocenters. The average Bonchev–Trinajstić information content (AvgIpc) is 2.77. The van der Waals surface area contributed by atoms with Crippen LogP contribution in [0.15, 0.2) is 0 Å². The Morgan fingerprint density at radius 2 is 1.81 bits per heavy atom. The summed E-state index contributed by atoms with van der Waals surface area (Å²) < 4.78 is 11.4. The van der Waals surface area contributed by atoms with Gasteiger partial charge in [-0.05, 0) is 18.8 Å². The zero-order chi connectivity index (χ0) is 12.2. The van der Waals surface area contributed by atoms with Gasteiger partial charge in [0.15, 0.2) is 5.79 Å². The molecule has 0 aliphatic carbocycles. The maximum Gasteiger partial charge on any atom is 0.170 e. The first kappa shape index (κ1) is 13.9. The van der Waals surface area contributed by atoms with Crippen molar-refractivity contribution < 1.29 is 19.7 Å². The first-order valence-corrected chi connectivity index (χ1v) is 6.12. The lowest BCUT2D eigenvalue weighted by Crippen LogP contribution is -2.39. The van der Waals surface area contributed by atoms with Crippen LogP contribution in [0, 0.1) is 11.8 Å². The summed E-state index contributed by atoms with van der Waals surface area (Å²) >= 11 is 0. The summed E-state index contributed by atoms with van der Waals surface area (Å²) in [5.74, 6) is -0.212. The summed E-state index contributed by atoms with van der Waals surface area (Å²) in [5, 5.41) is 18.4. The number of hydrogen-bond acceptors (Lipinski definition) is 4. The molecule has 1 saturated heterocycles. The molecule has 0 amide bonds. The van der Waals surface area contributed by atoms with Crippen molar-refractivity contribution in [2.75, 3.05) is 19.8 Å². The maximum atomic E-state index is 9.54. The van der Waals surface area contributed by atoms with Gasteiger partial charge in [0.2, 0.25) is 0 Å². The Balaban J connectivity index is 2.52. The Hall–Kier alpha value is -0.160. The van der Waals surface area contributed by atoms with Gasteiger partial charge in [-0.25, -0.2) is 0 Å². The molecule has 3 atom stereocenters. The molecule has 16 heavy (non-hydrogen) atoms. The van der Waals surface area contributed by atoms with E-state index in [0.29, 0.717) is 13.2 Å². The second-order valence-corrected chi connectivity index (χ2v) is 4.73. The van der Waals surface area contributed by atoms with E-state index in [0.717, 1.165) is 12.8 Å². The van der Waals surface area contributed by atoms with Crippen LogP contribution < -0.4 is 0 Å². The van der Waals surface area contributed by atoms with E-state index >= 15 is 0 Å². The van der Waals surface area contributed by atoms with Gasteiger partial charge < -0.3 is 19.7 Å². The third-order valence-corrected chi connectivity index (χ3v) is 3.59. The standard InChI is InChI=1S/C12H24O4/c1-4-12(15-5-6-16-12)10(3)7-9(2)11(14)8-13/h9-11,13-14H,4-8H2,1-3H3/t9-,10+,11-/m1/s1. The minimum Gasteiger partial charge on any atom is -0.394 e. The van der Waals surface area contributed by atoms with E-state index in [-0.39, 0.29) is 18.4 Å². The lowest BCUT2D eigenvalue weighted by atomic mass is 9.86. The molecule has 1 aliphatic rings. The van der Waals surface area contributed by atoms with Crippen LogP contribution in [-0.2, 0) is 9.47 Å². The molecule has 0 radical (unpaired) electrons. The molecule has 96 valence electrons. The average molecular weight is 232 g/mol. The quantitative estimate of drug-likeness (QED) is 0.721. The minimum absolute atomic E-state index is 0.0521. The second-order valence-electron chi connectivity index (χ2n) is 4.73. The van der Waals surface area contributed by atoms with Crippen molar-refractivity contribution in [1.29, 1.82) is 0 Å². The first-order chi connectivity index (χ1) is 7.55. The Kier molecular flexibility index (Phi) is 5.18. The number of aliphatic hydroxyl groups excluding tert-OH is 2. The van der Waals surface area contributed by atoms with Gasteiger partial charge in [0.1, 0.15) is 0 Å². The molecule has 1 aliphatic heterocycles. The third kappa shape index (κ3) is 2.94.